The second-order valence-electron chi connectivity index (χ2n) is 10.8. The Morgan fingerprint density at radius 2 is 1.59 bits per heavy atom. The number of likely N-dealkylation sites (tertiary alicyclic amines) is 1. The van der Waals surface area contributed by atoms with E-state index in [-0.39, 0.29) is 18.1 Å². The number of hydrogen-bond acceptors (Lipinski definition) is 7. The van der Waals surface area contributed by atoms with Gasteiger partial charge in [0.1, 0.15) is 24.1 Å². The van der Waals surface area contributed by atoms with Gasteiger partial charge < -0.3 is 33.3 Å². The predicted molar refractivity (Wildman–Crippen MR) is 134 cm³/mol. The number of benzene rings is 2. The molecule has 0 aliphatic carbocycles. The van der Waals surface area contributed by atoms with Crippen LogP contribution in [0.25, 0.3) is 6.08 Å². The fourth-order valence-corrected chi connectivity index (χ4v) is 5.60. The highest BCUT2D eigenvalue weighted by atomic mass is 16.8. The Balaban J connectivity index is 1.33. The second kappa shape index (κ2) is 9.22. The monoisotopic (exact) mass is 507 g/mol. The lowest BCUT2D eigenvalue weighted by molar-refractivity contribution is -0.232. The van der Waals surface area contributed by atoms with Gasteiger partial charge in [-0.05, 0) is 45.4 Å². The predicted octanol–water partition coefficient (Wildman–Crippen LogP) is 3.75. The van der Waals surface area contributed by atoms with Gasteiger partial charge in [-0.3, -0.25) is 4.79 Å². The Kier molecular flexibility index (Phi) is 6.12. The average molecular weight is 508 g/mol. The van der Waals surface area contributed by atoms with Crippen LogP contribution in [0, 0.1) is 0 Å². The lowest BCUT2D eigenvalue weighted by atomic mass is 9.89. The van der Waals surface area contributed by atoms with Crippen LogP contribution in [0.2, 0.25) is 0 Å². The van der Waals surface area contributed by atoms with Crippen molar-refractivity contribution < 1.29 is 33.2 Å². The smallest absolute Gasteiger partial charge is 0.267 e. The van der Waals surface area contributed by atoms with E-state index in [4.69, 9.17) is 28.4 Å². The average Bonchev–Trinajstić information content (AvgIpc) is 3.50. The van der Waals surface area contributed by atoms with Gasteiger partial charge in [0.05, 0.1) is 18.7 Å². The zero-order valence-corrected chi connectivity index (χ0v) is 21.5. The number of fused-ring (bicyclic) bond motifs is 1. The SMILES string of the molecule is CC1(C)OCC(C2OC3OC(C)(C)OC3C2N2C(=O)C(Oc3ccccc3)C2/C=C/c2ccccc2)O1. The molecule has 8 heteroatoms. The Morgan fingerprint density at radius 3 is 2.27 bits per heavy atom. The number of nitrogens with zero attached hydrogens (tertiary/aromatic N) is 1. The van der Waals surface area contributed by atoms with Crippen molar-refractivity contribution in [2.24, 2.45) is 0 Å². The molecule has 2 aromatic carbocycles. The van der Waals surface area contributed by atoms with E-state index in [1.807, 2.05) is 105 Å². The minimum absolute atomic E-state index is 0.128. The first-order valence-corrected chi connectivity index (χ1v) is 12.8. The maximum atomic E-state index is 13.8. The van der Waals surface area contributed by atoms with Gasteiger partial charge in [-0.25, -0.2) is 0 Å². The molecule has 6 rings (SSSR count). The molecule has 0 saturated carbocycles. The lowest BCUT2D eigenvalue weighted by Crippen LogP contribution is -2.72. The van der Waals surface area contributed by atoms with Gasteiger partial charge in [-0.15, -0.1) is 0 Å². The summed E-state index contributed by atoms with van der Waals surface area (Å²) in [5, 5.41) is 0. The van der Waals surface area contributed by atoms with Gasteiger partial charge in [0.15, 0.2) is 17.9 Å². The molecule has 8 nitrogen and oxygen atoms in total. The van der Waals surface area contributed by atoms with Gasteiger partial charge in [0, 0.05) is 0 Å². The van der Waals surface area contributed by atoms with Crippen molar-refractivity contribution in [1.29, 1.82) is 0 Å². The number of β-lactam (4-membered cyclic amide) rings is 1. The maximum absolute atomic E-state index is 13.8. The van der Waals surface area contributed by atoms with Crippen molar-refractivity contribution in [1.82, 2.24) is 4.90 Å². The van der Waals surface area contributed by atoms with E-state index in [9.17, 15) is 4.79 Å². The van der Waals surface area contributed by atoms with E-state index in [0.29, 0.717) is 12.4 Å². The number of carbonyl (C=O) groups excluding carboxylic acids is 1. The van der Waals surface area contributed by atoms with Crippen molar-refractivity contribution in [2.45, 2.75) is 82.1 Å². The molecule has 0 aromatic heterocycles. The van der Waals surface area contributed by atoms with Crippen LogP contribution in [0.1, 0.15) is 33.3 Å². The maximum Gasteiger partial charge on any atom is 0.267 e. The molecular weight excluding hydrogens is 474 g/mol. The van der Waals surface area contributed by atoms with E-state index < -0.39 is 42.2 Å². The zero-order chi connectivity index (χ0) is 25.8. The van der Waals surface area contributed by atoms with Crippen LogP contribution < -0.4 is 4.74 Å². The van der Waals surface area contributed by atoms with Gasteiger partial charge in [0.2, 0.25) is 6.10 Å². The largest absolute Gasteiger partial charge is 0.478 e. The van der Waals surface area contributed by atoms with E-state index in [1.54, 1.807) is 0 Å². The van der Waals surface area contributed by atoms with Gasteiger partial charge in [-0.1, -0.05) is 60.7 Å². The van der Waals surface area contributed by atoms with Crippen LogP contribution >= 0.6 is 0 Å². The molecule has 4 saturated heterocycles. The number of para-hydroxylation sites is 1. The highest BCUT2D eigenvalue weighted by Crippen LogP contribution is 2.45. The summed E-state index contributed by atoms with van der Waals surface area (Å²) in [6, 6.07) is 18.6. The Morgan fingerprint density at radius 1 is 0.892 bits per heavy atom. The molecule has 0 spiro atoms. The molecule has 7 atom stereocenters. The molecule has 0 radical (unpaired) electrons. The Bertz CT molecular complexity index is 1150. The molecular formula is C29H33NO7. The summed E-state index contributed by atoms with van der Waals surface area (Å²) in [7, 11) is 0. The van der Waals surface area contributed by atoms with Crippen molar-refractivity contribution >= 4 is 12.0 Å². The normalized spacial score (nSPS) is 36.1. The molecule has 4 fully saturated rings. The highest BCUT2D eigenvalue weighted by molar-refractivity contribution is 5.90. The van der Waals surface area contributed by atoms with Crippen LogP contribution in [0.4, 0.5) is 0 Å². The topological polar surface area (TPSA) is 75.7 Å². The third-order valence-electron chi connectivity index (χ3n) is 7.19. The number of rotatable bonds is 6. The molecule has 37 heavy (non-hydrogen) atoms. The molecule has 7 unspecified atom stereocenters. The molecule has 196 valence electrons. The first-order chi connectivity index (χ1) is 17.7. The summed E-state index contributed by atoms with van der Waals surface area (Å²) in [5.74, 6) is -1.04. The number of carbonyl (C=O) groups is 1. The molecule has 4 aliphatic heterocycles. The molecule has 0 bridgehead atoms. The number of amides is 1. The van der Waals surface area contributed by atoms with E-state index in [2.05, 4.69) is 0 Å². The summed E-state index contributed by atoms with van der Waals surface area (Å²) in [4.78, 5) is 15.6. The fraction of sp³-hybridized carbons (Fsp3) is 0.483. The van der Waals surface area contributed by atoms with Crippen LogP contribution in [0.3, 0.4) is 0 Å². The molecule has 4 aliphatic rings. The van der Waals surface area contributed by atoms with Gasteiger partial charge >= 0.3 is 0 Å². The Labute approximate surface area is 217 Å². The minimum Gasteiger partial charge on any atom is -0.478 e. The third kappa shape index (κ3) is 4.69. The standard InChI is InChI=1S/C29H33NO7/c1-28(2)32-17-21(35-28)24-22(25-27(34-24)37-29(3,4)36-25)30-20(16-15-18-11-7-5-8-12-18)23(26(30)31)33-19-13-9-6-10-14-19/h5-16,20-25,27H,17H2,1-4H3/b16-15+. The summed E-state index contributed by atoms with van der Waals surface area (Å²) in [5.41, 5.74) is 1.04. The van der Waals surface area contributed by atoms with E-state index in [1.165, 1.54) is 0 Å². The van der Waals surface area contributed by atoms with Crippen LogP contribution in [-0.2, 0) is 28.5 Å². The summed E-state index contributed by atoms with van der Waals surface area (Å²) < 4.78 is 36.9. The summed E-state index contributed by atoms with van der Waals surface area (Å²) >= 11 is 0. The first-order valence-electron chi connectivity index (χ1n) is 12.8. The minimum atomic E-state index is -0.825. The molecule has 1 amide bonds. The van der Waals surface area contributed by atoms with Crippen molar-refractivity contribution in [3.63, 3.8) is 0 Å². The molecule has 0 N–H and O–H groups in total. The highest BCUT2D eigenvalue weighted by Gasteiger charge is 2.65. The van der Waals surface area contributed by atoms with Crippen molar-refractivity contribution in [3.8, 4) is 5.75 Å². The third-order valence-corrected chi connectivity index (χ3v) is 7.19. The van der Waals surface area contributed by atoms with Crippen LogP contribution in [0.5, 0.6) is 5.75 Å². The van der Waals surface area contributed by atoms with Gasteiger partial charge in [0.25, 0.3) is 5.91 Å². The van der Waals surface area contributed by atoms with Crippen molar-refractivity contribution in [2.75, 3.05) is 6.61 Å². The Hall–Kier alpha value is -2.75. The van der Waals surface area contributed by atoms with Crippen molar-refractivity contribution in [3.05, 3.63) is 72.3 Å². The van der Waals surface area contributed by atoms with E-state index in [0.717, 1.165) is 5.56 Å². The summed E-state index contributed by atoms with van der Waals surface area (Å²) in [6.07, 6.45) is 1.42. The molecule has 4 heterocycles. The number of hydrogen-bond donors (Lipinski definition) is 0. The second-order valence-corrected chi connectivity index (χ2v) is 10.8. The zero-order valence-electron chi connectivity index (χ0n) is 21.5. The molecule has 2 aromatic rings. The van der Waals surface area contributed by atoms with Gasteiger partial charge in [-0.2, -0.15) is 0 Å². The van der Waals surface area contributed by atoms with E-state index >= 15 is 0 Å². The first kappa shape index (κ1) is 24.6. The van der Waals surface area contributed by atoms with Crippen LogP contribution in [-0.4, -0.2) is 71.8 Å². The fourth-order valence-electron chi connectivity index (χ4n) is 5.60. The van der Waals surface area contributed by atoms with Crippen LogP contribution in [0.15, 0.2) is 66.7 Å². The summed E-state index contributed by atoms with van der Waals surface area (Å²) in [6.45, 7) is 7.80. The number of ether oxygens (including phenoxy) is 6. The lowest BCUT2D eigenvalue weighted by Gasteiger charge is -2.50. The quantitative estimate of drug-likeness (QED) is 0.551.